The molecule has 0 fully saturated rings. The summed E-state index contributed by atoms with van der Waals surface area (Å²) >= 11 is 0. The van der Waals surface area contributed by atoms with Crippen LogP contribution in [0, 0.1) is 0 Å². The van der Waals surface area contributed by atoms with E-state index in [1.165, 1.54) is 6.39 Å². The number of nitrogens with one attached hydrogen (secondary N) is 2. The van der Waals surface area contributed by atoms with Crippen molar-refractivity contribution in [3.05, 3.63) is 18.4 Å². The topological polar surface area (TPSA) is 76.4 Å². The second kappa shape index (κ2) is 7.45. The van der Waals surface area contributed by atoms with Crippen molar-refractivity contribution in [3.8, 4) is 0 Å². The molecule has 0 atom stereocenters. The number of nitrogens with zero attached hydrogens (tertiary/aromatic N) is 1. The smallest absolute Gasteiger partial charge is 0.408 e. The van der Waals surface area contributed by atoms with E-state index in [0.717, 1.165) is 18.6 Å². The maximum absolute atomic E-state index is 12.0. The Morgan fingerprint density at radius 3 is 2.48 bits per heavy atom. The second-order valence-electron chi connectivity index (χ2n) is 6.19. The molecule has 0 unspecified atom stereocenters. The fourth-order valence-electron chi connectivity index (χ4n) is 2.00. The van der Waals surface area contributed by atoms with Gasteiger partial charge in [0.2, 0.25) is 0 Å². The molecule has 0 aliphatic rings. The lowest BCUT2D eigenvalue weighted by atomic mass is 9.93. The molecule has 1 aromatic rings. The monoisotopic (exact) mass is 297 g/mol. The molecule has 1 aromatic heterocycles. The van der Waals surface area contributed by atoms with Crippen LogP contribution in [0.5, 0.6) is 0 Å². The van der Waals surface area contributed by atoms with Gasteiger partial charge in [-0.25, -0.2) is 9.78 Å². The zero-order valence-electron chi connectivity index (χ0n) is 13.7. The summed E-state index contributed by atoms with van der Waals surface area (Å²) in [7, 11) is 0. The SMILES string of the molecule is CCC(CC)(CNCc1cnco1)NC(=O)OC(C)(C)C. The number of ether oxygens (including phenoxy) is 1. The van der Waals surface area contributed by atoms with Crippen LogP contribution >= 0.6 is 0 Å². The van der Waals surface area contributed by atoms with E-state index in [-0.39, 0.29) is 11.6 Å². The zero-order chi connectivity index (χ0) is 15.9. The van der Waals surface area contributed by atoms with Crippen molar-refractivity contribution < 1.29 is 13.9 Å². The van der Waals surface area contributed by atoms with E-state index in [9.17, 15) is 4.79 Å². The van der Waals surface area contributed by atoms with Crippen molar-refractivity contribution in [2.75, 3.05) is 6.54 Å². The Morgan fingerprint density at radius 1 is 1.33 bits per heavy atom. The van der Waals surface area contributed by atoms with E-state index in [1.54, 1.807) is 6.20 Å². The van der Waals surface area contributed by atoms with Crippen LogP contribution < -0.4 is 10.6 Å². The number of aromatic nitrogens is 1. The highest BCUT2D eigenvalue weighted by molar-refractivity contribution is 5.68. The predicted octanol–water partition coefficient (Wildman–Crippen LogP) is 2.85. The fourth-order valence-corrected chi connectivity index (χ4v) is 2.00. The molecule has 1 rings (SSSR count). The molecule has 2 N–H and O–H groups in total. The molecule has 0 aliphatic heterocycles. The van der Waals surface area contributed by atoms with Crippen molar-refractivity contribution in [1.29, 1.82) is 0 Å². The number of oxazole rings is 1. The highest BCUT2D eigenvalue weighted by atomic mass is 16.6. The fraction of sp³-hybridized carbons (Fsp3) is 0.733. The molecule has 0 radical (unpaired) electrons. The summed E-state index contributed by atoms with van der Waals surface area (Å²) in [5.41, 5.74) is -0.826. The molecule has 0 aromatic carbocycles. The number of hydrogen-bond acceptors (Lipinski definition) is 5. The Kier molecular flexibility index (Phi) is 6.20. The van der Waals surface area contributed by atoms with Crippen LogP contribution in [0.15, 0.2) is 17.0 Å². The van der Waals surface area contributed by atoms with Gasteiger partial charge in [0.15, 0.2) is 6.39 Å². The summed E-state index contributed by atoms with van der Waals surface area (Å²) in [5.74, 6) is 0.772. The molecule has 0 saturated carbocycles. The summed E-state index contributed by atoms with van der Waals surface area (Å²) in [4.78, 5) is 15.9. The molecule has 0 spiro atoms. The standard InChI is InChI=1S/C15H27N3O3/c1-6-15(7-2,18-13(19)21-14(3,4)5)10-16-8-12-9-17-11-20-12/h9,11,16H,6-8,10H2,1-5H3,(H,18,19). The summed E-state index contributed by atoms with van der Waals surface area (Å²) < 4.78 is 10.5. The summed E-state index contributed by atoms with van der Waals surface area (Å²) in [6.45, 7) is 10.9. The van der Waals surface area contributed by atoms with Crippen molar-refractivity contribution in [3.63, 3.8) is 0 Å². The first-order valence-corrected chi connectivity index (χ1v) is 7.39. The molecule has 1 amide bonds. The van der Waals surface area contributed by atoms with E-state index in [0.29, 0.717) is 13.1 Å². The summed E-state index contributed by atoms with van der Waals surface area (Å²) in [6, 6.07) is 0. The van der Waals surface area contributed by atoms with E-state index in [1.807, 2.05) is 20.8 Å². The van der Waals surface area contributed by atoms with Gasteiger partial charge in [-0.05, 0) is 33.6 Å². The van der Waals surface area contributed by atoms with Crippen molar-refractivity contribution >= 4 is 6.09 Å². The third kappa shape index (κ3) is 6.16. The lowest BCUT2D eigenvalue weighted by molar-refractivity contribution is 0.0445. The molecule has 6 heteroatoms. The van der Waals surface area contributed by atoms with Gasteiger partial charge in [-0.2, -0.15) is 0 Å². The van der Waals surface area contributed by atoms with Gasteiger partial charge in [0.05, 0.1) is 18.3 Å². The summed E-state index contributed by atoms with van der Waals surface area (Å²) in [5, 5.41) is 6.29. The average molecular weight is 297 g/mol. The number of alkyl carbamates (subject to hydrolysis) is 1. The second-order valence-corrected chi connectivity index (χ2v) is 6.19. The van der Waals surface area contributed by atoms with Crippen LogP contribution in [0.2, 0.25) is 0 Å². The molecule has 0 bridgehead atoms. The van der Waals surface area contributed by atoms with Gasteiger partial charge >= 0.3 is 6.09 Å². The average Bonchev–Trinajstić information content (AvgIpc) is 2.88. The Hall–Kier alpha value is -1.56. The molecule has 6 nitrogen and oxygen atoms in total. The van der Waals surface area contributed by atoms with E-state index in [4.69, 9.17) is 9.15 Å². The molecule has 21 heavy (non-hydrogen) atoms. The predicted molar refractivity (Wildman–Crippen MR) is 80.9 cm³/mol. The van der Waals surface area contributed by atoms with Crippen LogP contribution in [-0.2, 0) is 11.3 Å². The Labute approximate surface area is 126 Å². The van der Waals surface area contributed by atoms with E-state index < -0.39 is 5.60 Å². The zero-order valence-corrected chi connectivity index (χ0v) is 13.7. The third-order valence-electron chi connectivity index (χ3n) is 3.37. The molecule has 1 heterocycles. The minimum Gasteiger partial charge on any atom is -0.447 e. The van der Waals surface area contributed by atoms with Crippen LogP contribution in [0.4, 0.5) is 4.79 Å². The van der Waals surface area contributed by atoms with E-state index in [2.05, 4.69) is 29.5 Å². The Balaban J connectivity index is 2.54. The van der Waals surface area contributed by atoms with Crippen molar-refractivity contribution in [1.82, 2.24) is 15.6 Å². The normalized spacial score (nSPS) is 12.2. The molecule has 0 aliphatic carbocycles. The molecular formula is C15H27N3O3. The maximum Gasteiger partial charge on any atom is 0.408 e. The highest BCUT2D eigenvalue weighted by Crippen LogP contribution is 2.16. The minimum absolute atomic E-state index is 0.331. The number of amides is 1. The number of rotatable bonds is 7. The molecular weight excluding hydrogens is 270 g/mol. The van der Waals surface area contributed by atoms with Gasteiger partial charge in [-0.3, -0.25) is 0 Å². The lowest BCUT2D eigenvalue weighted by Crippen LogP contribution is -2.55. The highest BCUT2D eigenvalue weighted by Gasteiger charge is 2.30. The van der Waals surface area contributed by atoms with Crippen LogP contribution in [0.25, 0.3) is 0 Å². The number of hydrogen-bond donors (Lipinski definition) is 2. The van der Waals surface area contributed by atoms with Gasteiger partial charge < -0.3 is 19.8 Å². The molecule has 120 valence electrons. The van der Waals surface area contributed by atoms with Gasteiger partial charge in [0.25, 0.3) is 0 Å². The van der Waals surface area contributed by atoms with E-state index >= 15 is 0 Å². The summed E-state index contributed by atoms with van der Waals surface area (Å²) in [6.07, 6.45) is 4.32. The van der Waals surface area contributed by atoms with Crippen molar-refractivity contribution in [2.45, 2.75) is 65.1 Å². The molecule has 0 saturated heterocycles. The first-order chi connectivity index (χ1) is 9.80. The first kappa shape index (κ1) is 17.5. The van der Waals surface area contributed by atoms with Gasteiger partial charge in [-0.1, -0.05) is 13.8 Å². The van der Waals surface area contributed by atoms with Crippen LogP contribution in [0.3, 0.4) is 0 Å². The van der Waals surface area contributed by atoms with Crippen LogP contribution in [-0.4, -0.2) is 28.8 Å². The minimum atomic E-state index is -0.495. The van der Waals surface area contributed by atoms with Gasteiger partial charge in [0, 0.05) is 6.54 Å². The maximum atomic E-state index is 12.0. The number of carbonyl (C=O) groups is 1. The van der Waals surface area contributed by atoms with Crippen LogP contribution in [0.1, 0.15) is 53.2 Å². The van der Waals surface area contributed by atoms with Gasteiger partial charge in [-0.15, -0.1) is 0 Å². The largest absolute Gasteiger partial charge is 0.447 e. The quantitative estimate of drug-likeness (QED) is 0.809. The third-order valence-corrected chi connectivity index (χ3v) is 3.37. The van der Waals surface area contributed by atoms with Gasteiger partial charge in [0.1, 0.15) is 11.4 Å². The lowest BCUT2D eigenvalue weighted by Gasteiger charge is -2.34. The Morgan fingerprint density at radius 2 is 2.00 bits per heavy atom. The number of carbonyl (C=O) groups excluding carboxylic acids is 1. The first-order valence-electron chi connectivity index (χ1n) is 7.39. The van der Waals surface area contributed by atoms with Crippen molar-refractivity contribution in [2.24, 2.45) is 0 Å². The Bertz CT molecular complexity index is 420.